The van der Waals surface area contributed by atoms with Crippen molar-refractivity contribution in [3.63, 3.8) is 0 Å². The zero-order valence-corrected chi connectivity index (χ0v) is 12.2. The monoisotopic (exact) mass is 275 g/mol. The van der Waals surface area contributed by atoms with Crippen LogP contribution in [0.3, 0.4) is 0 Å². The molecule has 108 valence electrons. The summed E-state index contributed by atoms with van der Waals surface area (Å²) in [5.74, 6) is -0.0412. The number of anilines is 2. The largest absolute Gasteiger partial charge is 0.375 e. The van der Waals surface area contributed by atoms with Crippen LogP contribution in [0.25, 0.3) is 0 Å². The predicted octanol–water partition coefficient (Wildman–Crippen LogP) is 1.28. The van der Waals surface area contributed by atoms with Gasteiger partial charge in [-0.2, -0.15) is 0 Å². The van der Waals surface area contributed by atoms with Crippen molar-refractivity contribution < 1.29 is 9.53 Å². The molecular weight excluding hydrogens is 254 g/mol. The van der Waals surface area contributed by atoms with Crippen molar-refractivity contribution in [1.82, 2.24) is 0 Å². The van der Waals surface area contributed by atoms with E-state index in [2.05, 4.69) is 30.9 Å². The van der Waals surface area contributed by atoms with E-state index in [0.29, 0.717) is 6.04 Å². The molecule has 1 amide bonds. The highest BCUT2D eigenvalue weighted by molar-refractivity contribution is 6.04. The standard InChI is InChI=1S/C15H21N3O2/c1-9-8-20-10(2)7-18(9)11-4-5-12-13(6-11)17(3)15(19)14(12)16/h4-6,9-10,14H,7-8,16H2,1-3H3. The second-order valence-electron chi connectivity index (χ2n) is 5.76. The third-order valence-corrected chi connectivity index (χ3v) is 4.25. The van der Waals surface area contributed by atoms with Gasteiger partial charge >= 0.3 is 0 Å². The normalized spacial score (nSPS) is 29.8. The SMILES string of the molecule is CC1CN(c2ccc3c(c2)N(C)C(=O)C3N)C(C)CO1. The van der Waals surface area contributed by atoms with Gasteiger partial charge in [0.15, 0.2) is 0 Å². The van der Waals surface area contributed by atoms with E-state index in [4.69, 9.17) is 10.5 Å². The van der Waals surface area contributed by atoms with Crippen LogP contribution in [0.15, 0.2) is 18.2 Å². The van der Waals surface area contributed by atoms with Gasteiger partial charge in [-0.05, 0) is 26.0 Å². The average Bonchev–Trinajstić information content (AvgIpc) is 2.66. The number of fused-ring (bicyclic) bond motifs is 1. The first kappa shape index (κ1) is 13.4. The number of carbonyl (C=O) groups excluding carboxylic acids is 1. The molecule has 1 fully saturated rings. The van der Waals surface area contributed by atoms with Gasteiger partial charge in [-0.25, -0.2) is 0 Å². The number of hydrogen-bond acceptors (Lipinski definition) is 4. The van der Waals surface area contributed by atoms with E-state index >= 15 is 0 Å². The van der Waals surface area contributed by atoms with Gasteiger partial charge in [-0.3, -0.25) is 4.79 Å². The van der Waals surface area contributed by atoms with Crippen molar-refractivity contribution in [2.24, 2.45) is 5.73 Å². The van der Waals surface area contributed by atoms with Gasteiger partial charge in [0.1, 0.15) is 6.04 Å². The maximum absolute atomic E-state index is 11.9. The van der Waals surface area contributed by atoms with Crippen LogP contribution < -0.4 is 15.5 Å². The Kier molecular flexibility index (Phi) is 3.18. The van der Waals surface area contributed by atoms with Crippen LogP contribution in [0.5, 0.6) is 0 Å². The molecule has 1 saturated heterocycles. The molecule has 5 nitrogen and oxygen atoms in total. The van der Waals surface area contributed by atoms with E-state index in [0.717, 1.165) is 30.1 Å². The van der Waals surface area contributed by atoms with Gasteiger partial charge < -0.3 is 20.3 Å². The Morgan fingerprint density at radius 1 is 1.35 bits per heavy atom. The highest BCUT2D eigenvalue weighted by Gasteiger charge is 2.33. The molecule has 3 rings (SSSR count). The van der Waals surface area contributed by atoms with E-state index in [9.17, 15) is 4.79 Å². The summed E-state index contributed by atoms with van der Waals surface area (Å²) in [5.41, 5.74) is 8.89. The fraction of sp³-hybridized carbons (Fsp3) is 0.533. The number of nitrogens with two attached hydrogens (primary N) is 1. The summed E-state index contributed by atoms with van der Waals surface area (Å²) >= 11 is 0. The molecule has 3 unspecified atom stereocenters. The summed E-state index contributed by atoms with van der Waals surface area (Å²) in [4.78, 5) is 15.9. The Morgan fingerprint density at radius 2 is 2.10 bits per heavy atom. The Bertz CT molecular complexity index is 546. The quantitative estimate of drug-likeness (QED) is 0.838. The topological polar surface area (TPSA) is 58.8 Å². The zero-order valence-electron chi connectivity index (χ0n) is 12.2. The number of morpholine rings is 1. The summed E-state index contributed by atoms with van der Waals surface area (Å²) in [6.07, 6.45) is 0.223. The molecule has 2 heterocycles. The first-order valence-electron chi connectivity index (χ1n) is 7.04. The van der Waals surface area contributed by atoms with Crippen LogP contribution in [0, 0.1) is 0 Å². The van der Waals surface area contributed by atoms with Crippen LogP contribution in [0.4, 0.5) is 11.4 Å². The molecule has 0 aromatic heterocycles. The van der Waals surface area contributed by atoms with Crippen molar-refractivity contribution in [3.8, 4) is 0 Å². The molecule has 2 aliphatic heterocycles. The number of rotatable bonds is 1. The summed E-state index contributed by atoms with van der Waals surface area (Å²) in [7, 11) is 1.78. The smallest absolute Gasteiger partial charge is 0.248 e. The number of likely N-dealkylation sites (N-methyl/N-ethyl adjacent to an activating group) is 1. The lowest BCUT2D eigenvalue weighted by atomic mass is 10.1. The minimum atomic E-state index is -0.523. The Hall–Kier alpha value is -1.59. The van der Waals surface area contributed by atoms with Gasteiger partial charge in [-0.15, -0.1) is 0 Å². The lowest BCUT2D eigenvalue weighted by Gasteiger charge is -2.38. The van der Waals surface area contributed by atoms with Crippen molar-refractivity contribution in [2.75, 3.05) is 30.0 Å². The summed E-state index contributed by atoms with van der Waals surface area (Å²) in [6.45, 7) is 5.83. The molecule has 0 spiro atoms. The van der Waals surface area contributed by atoms with Crippen LogP contribution in [0.2, 0.25) is 0 Å². The highest BCUT2D eigenvalue weighted by atomic mass is 16.5. The second kappa shape index (κ2) is 4.75. The molecule has 5 heteroatoms. The third-order valence-electron chi connectivity index (χ3n) is 4.25. The summed E-state index contributed by atoms with van der Waals surface area (Å²) in [5, 5.41) is 0. The van der Waals surface area contributed by atoms with Crippen molar-refractivity contribution in [2.45, 2.75) is 32.0 Å². The van der Waals surface area contributed by atoms with E-state index in [1.54, 1.807) is 11.9 Å². The molecule has 2 N–H and O–H groups in total. The lowest BCUT2D eigenvalue weighted by Crippen LogP contribution is -2.47. The molecule has 0 radical (unpaired) electrons. The van der Waals surface area contributed by atoms with Crippen LogP contribution in [0.1, 0.15) is 25.5 Å². The summed E-state index contributed by atoms with van der Waals surface area (Å²) in [6, 6.07) is 5.91. The van der Waals surface area contributed by atoms with Gasteiger partial charge in [0, 0.05) is 30.9 Å². The van der Waals surface area contributed by atoms with Crippen molar-refractivity contribution in [1.29, 1.82) is 0 Å². The van der Waals surface area contributed by atoms with E-state index in [-0.39, 0.29) is 12.0 Å². The van der Waals surface area contributed by atoms with Gasteiger partial charge in [-0.1, -0.05) is 6.07 Å². The first-order chi connectivity index (χ1) is 9.49. The van der Waals surface area contributed by atoms with Gasteiger partial charge in [0.05, 0.1) is 18.4 Å². The minimum absolute atomic E-state index is 0.0412. The molecule has 2 aliphatic rings. The number of amides is 1. The Labute approximate surface area is 119 Å². The predicted molar refractivity (Wildman–Crippen MR) is 79.0 cm³/mol. The molecular formula is C15H21N3O2. The molecule has 0 bridgehead atoms. The van der Waals surface area contributed by atoms with Gasteiger partial charge in [0.25, 0.3) is 0 Å². The third kappa shape index (κ3) is 1.98. The van der Waals surface area contributed by atoms with Gasteiger partial charge in [0.2, 0.25) is 5.91 Å². The summed E-state index contributed by atoms with van der Waals surface area (Å²) < 4.78 is 5.66. The molecule has 1 aromatic carbocycles. The highest BCUT2D eigenvalue weighted by Crippen LogP contribution is 2.37. The van der Waals surface area contributed by atoms with Crippen LogP contribution in [-0.2, 0) is 9.53 Å². The number of ether oxygens (including phenoxy) is 1. The molecule has 20 heavy (non-hydrogen) atoms. The average molecular weight is 275 g/mol. The number of benzene rings is 1. The molecule has 0 saturated carbocycles. The fourth-order valence-corrected chi connectivity index (χ4v) is 2.99. The van der Waals surface area contributed by atoms with Crippen LogP contribution >= 0.6 is 0 Å². The van der Waals surface area contributed by atoms with E-state index < -0.39 is 6.04 Å². The Balaban J connectivity index is 1.95. The minimum Gasteiger partial charge on any atom is -0.375 e. The van der Waals surface area contributed by atoms with E-state index in [1.165, 1.54) is 0 Å². The molecule has 3 atom stereocenters. The first-order valence-corrected chi connectivity index (χ1v) is 7.04. The van der Waals surface area contributed by atoms with Crippen molar-refractivity contribution in [3.05, 3.63) is 23.8 Å². The maximum Gasteiger partial charge on any atom is 0.248 e. The number of hydrogen-bond donors (Lipinski definition) is 1. The van der Waals surface area contributed by atoms with Crippen molar-refractivity contribution >= 4 is 17.3 Å². The second-order valence-corrected chi connectivity index (χ2v) is 5.76. The zero-order chi connectivity index (χ0) is 14.4. The molecule has 0 aliphatic carbocycles. The molecule has 1 aromatic rings. The Morgan fingerprint density at radius 3 is 2.85 bits per heavy atom. The lowest BCUT2D eigenvalue weighted by molar-refractivity contribution is -0.118. The fourth-order valence-electron chi connectivity index (χ4n) is 2.99. The number of carbonyl (C=O) groups is 1. The number of nitrogens with zero attached hydrogens (tertiary/aromatic N) is 2. The maximum atomic E-state index is 11.9. The van der Waals surface area contributed by atoms with Crippen LogP contribution in [-0.4, -0.2) is 38.3 Å². The van der Waals surface area contributed by atoms with E-state index in [1.807, 2.05) is 6.07 Å².